The Hall–Kier alpha value is -2.62. The van der Waals surface area contributed by atoms with Crippen LogP contribution in [0.5, 0.6) is 0 Å². The van der Waals surface area contributed by atoms with Crippen LogP contribution in [0.15, 0.2) is 53.4 Å². The predicted molar refractivity (Wildman–Crippen MR) is 69.1 cm³/mol. The van der Waals surface area contributed by atoms with Crippen molar-refractivity contribution in [1.82, 2.24) is 15.0 Å². The Kier molecular flexibility index (Phi) is 1.80. The predicted octanol–water partition coefficient (Wildman–Crippen LogP) is 3.37. The van der Waals surface area contributed by atoms with Gasteiger partial charge in [0, 0.05) is 17.8 Å². The number of imidazole rings is 1. The third-order valence-corrected chi connectivity index (χ3v) is 3.03. The van der Waals surface area contributed by atoms with Gasteiger partial charge in [-0.3, -0.25) is 4.98 Å². The summed E-state index contributed by atoms with van der Waals surface area (Å²) in [5.74, 6) is 1.48. The van der Waals surface area contributed by atoms with Crippen molar-refractivity contribution in [3.63, 3.8) is 0 Å². The van der Waals surface area contributed by atoms with Gasteiger partial charge in [0.2, 0.25) is 0 Å². The fourth-order valence-electron chi connectivity index (χ4n) is 2.16. The second-order valence-electron chi connectivity index (χ2n) is 4.12. The van der Waals surface area contributed by atoms with Gasteiger partial charge in [-0.15, -0.1) is 0 Å². The number of furan rings is 1. The van der Waals surface area contributed by atoms with Crippen molar-refractivity contribution in [2.45, 2.75) is 0 Å². The minimum Gasteiger partial charge on any atom is -0.461 e. The van der Waals surface area contributed by atoms with Gasteiger partial charge in [0.15, 0.2) is 11.6 Å². The van der Waals surface area contributed by atoms with Crippen molar-refractivity contribution in [3.05, 3.63) is 49.0 Å². The van der Waals surface area contributed by atoms with Gasteiger partial charge >= 0.3 is 0 Å². The van der Waals surface area contributed by atoms with Crippen molar-refractivity contribution in [1.29, 1.82) is 0 Å². The highest BCUT2D eigenvalue weighted by Crippen LogP contribution is 2.26. The Labute approximate surface area is 102 Å². The lowest BCUT2D eigenvalue weighted by atomic mass is 10.1. The molecule has 86 valence electrons. The summed E-state index contributed by atoms with van der Waals surface area (Å²) in [5, 5.41) is 2.18. The highest BCUT2D eigenvalue weighted by molar-refractivity contribution is 6.04. The van der Waals surface area contributed by atoms with Gasteiger partial charge in [-0.2, -0.15) is 0 Å². The minimum absolute atomic E-state index is 0.739. The molecule has 1 N–H and O–H groups in total. The molecule has 0 radical (unpaired) electrons. The Morgan fingerprint density at radius 3 is 3.00 bits per heavy atom. The topological polar surface area (TPSA) is 54.7 Å². The van der Waals surface area contributed by atoms with Gasteiger partial charge in [-0.05, 0) is 29.7 Å². The lowest BCUT2D eigenvalue weighted by molar-refractivity contribution is 0.578. The van der Waals surface area contributed by atoms with Crippen LogP contribution in [0.4, 0.5) is 0 Å². The molecule has 0 saturated heterocycles. The zero-order valence-corrected chi connectivity index (χ0v) is 9.42. The first kappa shape index (κ1) is 9.41. The fourth-order valence-corrected chi connectivity index (χ4v) is 2.16. The molecule has 3 aromatic heterocycles. The molecule has 0 fully saturated rings. The van der Waals surface area contributed by atoms with Crippen LogP contribution in [0, 0.1) is 0 Å². The number of fused-ring (bicyclic) bond motifs is 3. The largest absolute Gasteiger partial charge is 0.461 e. The fraction of sp³-hybridized carbons (Fsp3) is 0. The molecular weight excluding hydrogens is 226 g/mol. The van der Waals surface area contributed by atoms with Gasteiger partial charge in [0.1, 0.15) is 0 Å². The average molecular weight is 235 g/mol. The highest BCUT2D eigenvalue weighted by Gasteiger charge is 2.09. The summed E-state index contributed by atoms with van der Waals surface area (Å²) in [4.78, 5) is 12.0. The number of hydrogen-bond donors (Lipinski definition) is 1. The van der Waals surface area contributed by atoms with Crippen molar-refractivity contribution >= 4 is 21.8 Å². The summed E-state index contributed by atoms with van der Waals surface area (Å²) in [6, 6.07) is 9.80. The molecule has 4 heteroatoms. The molecule has 0 spiro atoms. The summed E-state index contributed by atoms with van der Waals surface area (Å²) >= 11 is 0. The van der Waals surface area contributed by atoms with Crippen LogP contribution in [0.2, 0.25) is 0 Å². The van der Waals surface area contributed by atoms with Gasteiger partial charge in [-0.1, -0.05) is 6.07 Å². The number of aromatic amines is 1. The van der Waals surface area contributed by atoms with E-state index in [-0.39, 0.29) is 0 Å². The number of hydrogen-bond acceptors (Lipinski definition) is 3. The summed E-state index contributed by atoms with van der Waals surface area (Å²) in [6.07, 6.45) is 5.26. The minimum atomic E-state index is 0.739. The molecule has 0 aliphatic rings. The van der Waals surface area contributed by atoms with Crippen LogP contribution in [-0.4, -0.2) is 15.0 Å². The zero-order valence-electron chi connectivity index (χ0n) is 9.42. The number of H-pyrrole nitrogens is 1. The van der Waals surface area contributed by atoms with E-state index in [1.54, 1.807) is 12.5 Å². The Bertz CT molecular complexity index is 831. The molecule has 4 aromatic rings. The van der Waals surface area contributed by atoms with Crippen LogP contribution in [-0.2, 0) is 0 Å². The van der Waals surface area contributed by atoms with Crippen LogP contribution in [0.3, 0.4) is 0 Å². The Morgan fingerprint density at radius 2 is 2.11 bits per heavy atom. The van der Waals surface area contributed by atoms with Crippen LogP contribution < -0.4 is 0 Å². The van der Waals surface area contributed by atoms with E-state index in [1.165, 1.54) is 0 Å². The quantitative estimate of drug-likeness (QED) is 0.550. The van der Waals surface area contributed by atoms with Gasteiger partial charge in [0.25, 0.3) is 0 Å². The van der Waals surface area contributed by atoms with Crippen molar-refractivity contribution < 1.29 is 4.42 Å². The van der Waals surface area contributed by atoms with E-state index in [0.717, 1.165) is 33.4 Å². The van der Waals surface area contributed by atoms with Crippen LogP contribution >= 0.6 is 0 Å². The molecule has 1 aromatic carbocycles. The lowest BCUT2D eigenvalue weighted by Crippen LogP contribution is -1.77. The second-order valence-corrected chi connectivity index (χ2v) is 4.12. The van der Waals surface area contributed by atoms with Crippen molar-refractivity contribution in [3.8, 4) is 11.6 Å². The first-order chi connectivity index (χ1) is 8.92. The lowest BCUT2D eigenvalue weighted by Gasteiger charge is -1.95. The maximum Gasteiger partial charge on any atom is 0.174 e. The summed E-state index contributed by atoms with van der Waals surface area (Å²) < 4.78 is 5.35. The first-order valence-corrected chi connectivity index (χ1v) is 5.68. The standard InChI is InChI=1S/C14H9N3O/c1-2-12(18-7-1)14-16-11-4-3-9-5-6-15-8-10(9)13(11)17-14/h1-8H,(H,16,17). The van der Waals surface area contributed by atoms with Gasteiger partial charge < -0.3 is 9.40 Å². The second kappa shape index (κ2) is 3.43. The van der Waals surface area contributed by atoms with Crippen LogP contribution in [0.1, 0.15) is 0 Å². The number of nitrogens with one attached hydrogen (secondary N) is 1. The molecule has 0 aliphatic carbocycles. The maximum absolute atomic E-state index is 5.35. The molecule has 4 rings (SSSR count). The van der Waals surface area contributed by atoms with E-state index >= 15 is 0 Å². The SMILES string of the molecule is c1coc(-c2nc3c(ccc4ccncc43)[nH]2)c1. The molecule has 18 heavy (non-hydrogen) atoms. The first-order valence-electron chi connectivity index (χ1n) is 5.68. The zero-order chi connectivity index (χ0) is 11.9. The Balaban J connectivity index is 2.08. The molecule has 0 amide bonds. The number of rotatable bonds is 1. The van der Waals surface area contributed by atoms with Crippen LogP contribution in [0.25, 0.3) is 33.4 Å². The summed E-state index contributed by atoms with van der Waals surface area (Å²) in [6.45, 7) is 0. The van der Waals surface area contributed by atoms with E-state index in [0.29, 0.717) is 0 Å². The summed E-state index contributed by atoms with van der Waals surface area (Å²) in [5.41, 5.74) is 1.91. The van der Waals surface area contributed by atoms with Gasteiger partial charge in [0.05, 0.1) is 17.3 Å². The molecule has 4 nitrogen and oxygen atoms in total. The molecule has 0 saturated carbocycles. The third-order valence-electron chi connectivity index (χ3n) is 3.03. The van der Waals surface area contributed by atoms with E-state index < -0.39 is 0 Å². The normalized spacial score (nSPS) is 11.3. The molecule has 3 heterocycles. The van der Waals surface area contributed by atoms with Gasteiger partial charge in [-0.25, -0.2) is 4.98 Å². The third kappa shape index (κ3) is 1.26. The average Bonchev–Trinajstić information content (AvgIpc) is 3.07. The van der Waals surface area contributed by atoms with E-state index in [9.17, 15) is 0 Å². The van der Waals surface area contributed by atoms with E-state index in [1.807, 2.05) is 30.5 Å². The van der Waals surface area contributed by atoms with E-state index in [2.05, 4.69) is 21.0 Å². The maximum atomic E-state index is 5.35. The Morgan fingerprint density at radius 1 is 1.11 bits per heavy atom. The number of nitrogens with zero attached hydrogens (tertiary/aromatic N) is 2. The number of benzene rings is 1. The molecule has 0 unspecified atom stereocenters. The molecular formula is C14H9N3O. The number of pyridine rings is 1. The molecule has 0 atom stereocenters. The van der Waals surface area contributed by atoms with Crippen molar-refractivity contribution in [2.24, 2.45) is 0 Å². The smallest absolute Gasteiger partial charge is 0.174 e. The molecule has 0 bridgehead atoms. The number of aromatic nitrogens is 3. The van der Waals surface area contributed by atoms with Crippen molar-refractivity contribution in [2.75, 3.05) is 0 Å². The highest BCUT2D eigenvalue weighted by atomic mass is 16.3. The monoisotopic (exact) mass is 235 g/mol. The molecule has 0 aliphatic heterocycles. The summed E-state index contributed by atoms with van der Waals surface area (Å²) in [7, 11) is 0. The van der Waals surface area contributed by atoms with E-state index in [4.69, 9.17) is 4.42 Å².